The Morgan fingerprint density at radius 2 is 1.66 bits per heavy atom. The van der Waals surface area contributed by atoms with Gasteiger partial charge in [0.05, 0.1) is 6.67 Å². The lowest BCUT2D eigenvalue weighted by Gasteiger charge is -2.43. The van der Waals surface area contributed by atoms with Gasteiger partial charge in [-0.3, -0.25) is 14.4 Å². The maximum absolute atomic E-state index is 13.9. The number of amides is 3. The van der Waals surface area contributed by atoms with E-state index in [1.165, 1.54) is 12.1 Å². The Labute approximate surface area is 229 Å². The third kappa shape index (κ3) is 5.29. The van der Waals surface area contributed by atoms with E-state index in [0.717, 1.165) is 15.7 Å². The second kappa shape index (κ2) is 10.9. The third-order valence-electron chi connectivity index (χ3n) is 7.27. The zero-order chi connectivity index (χ0) is 26.7. The fourth-order valence-corrected chi connectivity index (χ4v) is 5.64. The van der Waals surface area contributed by atoms with Crippen LogP contribution < -0.4 is 10.2 Å². The number of rotatable bonds is 6. The van der Waals surface area contributed by atoms with Gasteiger partial charge in [-0.25, -0.2) is 4.39 Å². The number of carbonyl (C=O) groups excluding carboxylic acids is 3. The molecular weight excluding hydrogens is 551 g/mol. The molecule has 5 rings (SSSR count). The highest BCUT2D eigenvalue weighted by Crippen LogP contribution is 2.39. The number of benzene rings is 3. The molecular formula is C29H28BrFN4O3. The van der Waals surface area contributed by atoms with Gasteiger partial charge in [-0.1, -0.05) is 52.3 Å². The van der Waals surface area contributed by atoms with Crippen molar-refractivity contribution in [2.45, 2.75) is 24.9 Å². The average Bonchev–Trinajstić information content (AvgIpc) is 3.19. The maximum atomic E-state index is 13.9. The van der Waals surface area contributed by atoms with Gasteiger partial charge in [0.25, 0.3) is 11.8 Å². The first kappa shape index (κ1) is 25.9. The topological polar surface area (TPSA) is 73.0 Å². The minimum atomic E-state index is -0.827. The Hall–Kier alpha value is -3.72. The molecule has 0 saturated carbocycles. The summed E-state index contributed by atoms with van der Waals surface area (Å²) in [6, 6.07) is 22.9. The van der Waals surface area contributed by atoms with Crippen LogP contribution in [0.5, 0.6) is 0 Å². The summed E-state index contributed by atoms with van der Waals surface area (Å²) in [4.78, 5) is 45.2. The van der Waals surface area contributed by atoms with E-state index in [1.807, 2.05) is 42.5 Å². The van der Waals surface area contributed by atoms with E-state index in [1.54, 1.807) is 34.1 Å². The first-order chi connectivity index (χ1) is 18.4. The van der Waals surface area contributed by atoms with Gasteiger partial charge in [-0.2, -0.15) is 0 Å². The summed E-state index contributed by atoms with van der Waals surface area (Å²) in [6.45, 7) is 1.33. The van der Waals surface area contributed by atoms with Gasteiger partial charge in [0.15, 0.2) is 0 Å². The SMILES string of the molecule is O=C(CN1CN(c2ccccc2)C2(CCN(C(=O)c3cccc(Br)c3)CC2)C1=O)NCc1ccc(F)cc1. The summed E-state index contributed by atoms with van der Waals surface area (Å²) >= 11 is 3.42. The molecule has 0 atom stereocenters. The first-order valence-corrected chi connectivity index (χ1v) is 13.3. The Morgan fingerprint density at radius 3 is 2.34 bits per heavy atom. The smallest absolute Gasteiger partial charge is 0.253 e. The van der Waals surface area contributed by atoms with Crippen molar-refractivity contribution >= 4 is 39.3 Å². The molecule has 0 bridgehead atoms. The lowest BCUT2D eigenvalue weighted by atomic mass is 9.85. The van der Waals surface area contributed by atoms with Crippen molar-refractivity contribution in [2.75, 3.05) is 31.2 Å². The fraction of sp³-hybridized carbons (Fsp3) is 0.276. The quantitative estimate of drug-likeness (QED) is 0.476. The van der Waals surface area contributed by atoms with Crippen LogP contribution in [0.2, 0.25) is 0 Å². The van der Waals surface area contributed by atoms with Crippen LogP contribution in [0, 0.1) is 5.82 Å². The number of anilines is 1. The average molecular weight is 579 g/mol. The number of halogens is 2. The number of nitrogens with zero attached hydrogens (tertiary/aromatic N) is 3. The Morgan fingerprint density at radius 1 is 0.947 bits per heavy atom. The van der Waals surface area contributed by atoms with E-state index in [2.05, 4.69) is 26.1 Å². The van der Waals surface area contributed by atoms with Gasteiger partial charge in [-0.15, -0.1) is 0 Å². The van der Waals surface area contributed by atoms with Gasteiger partial charge in [0, 0.05) is 35.4 Å². The van der Waals surface area contributed by atoms with Crippen LogP contribution in [0.15, 0.2) is 83.3 Å². The number of carbonyl (C=O) groups is 3. The molecule has 2 heterocycles. The number of hydrogen-bond donors (Lipinski definition) is 1. The molecule has 196 valence electrons. The van der Waals surface area contributed by atoms with Gasteiger partial charge >= 0.3 is 0 Å². The Kier molecular flexibility index (Phi) is 7.46. The molecule has 2 fully saturated rings. The molecule has 7 nitrogen and oxygen atoms in total. The van der Waals surface area contributed by atoms with Crippen molar-refractivity contribution in [3.05, 3.63) is 100 Å². The summed E-state index contributed by atoms with van der Waals surface area (Å²) in [7, 11) is 0. The van der Waals surface area contributed by atoms with Crippen molar-refractivity contribution in [1.82, 2.24) is 15.1 Å². The van der Waals surface area contributed by atoms with E-state index in [9.17, 15) is 18.8 Å². The second-order valence-electron chi connectivity index (χ2n) is 9.65. The van der Waals surface area contributed by atoms with Gasteiger partial charge in [0.1, 0.15) is 17.9 Å². The van der Waals surface area contributed by atoms with Crippen LogP contribution in [0.4, 0.5) is 10.1 Å². The van der Waals surface area contributed by atoms with E-state index in [0.29, 0.717) is 31.5 Å². The minimum absolute atomic E-state index is 0.0603. The van der Waals surface area contributed by atoms with Crippen molar-refractivity contribution in [1.29, 1.82) is 0 Å². The molecule has 3 aromatic carbocycles. The van der Waals surface area contributed by atoms with Crippen molar-refractivity contribution in [3.63, 3.8) is 0 Å². The van der Waals surface area contributed by atoms with Crippen LogP contribution in [0.25, 0.3) is 0 Å². The number of piperidine rings is 1. The van der Waals surface area contributed by atoms with Gasteiger partial charge in [-0.05, 0) is 60.9 Å². The number of hydrogen-bond acceptors (Lipinski definition) is 4. The third-order valence-corrected chi connectivity index (χ3v) is 7.76. The molecule has 0 radical (unpaired) electrons. The highest BCUT2D eigenvalue weighted by Gasteiger charge is 2.54. The minimum Gasteiger partial charge on any atom is -0.350 e. The van der Waals surface area contributed by atoms with E-state index < -0.39 is 5.54 Å². The molecule has 2 saturated heterocycles. The molecule has 0 aromatic heterocycles. The van der Waals surface area contributed by atoms with Gasteiger partial charge in [0.2, 0.25) is 5.91 Å². The molecule has 38 heavy (non-hydrogen) atoms. The van der Waals surface area contributed by atoms with E-state index in [4.69, 9.17) is 0 Å². The fourth-order valence-electron chi connectivity index (χ4n) is 5.24. The molecule has 2 aliphatic rings. The highest BCUT2D eigenvalue weighted by molar-refractivity contribution is 9.10. The number of likely N-dealkylation sites (tertiary alicyclic amines) is 1. The molecule has 1 N–H and O–H groups in total. The zero-order valence-corrected chi connectivity index (χ0v) is 22.4. The van der Waals surface area contributed by atoms with E-state index >= 15 is 0 Å². The highest BCUT2D eigenvalue weighted by atomic mass is 79.9. The molecule has 2 aliphatic heterocycles. The monoisotopic (exact) mass is 578 g/mol. The second-order valence-corrected chi connectivity index (χ2v) is 10.6. The predicted octanol–water partition coefficient (Wildman–Crippen LogP) is 4.19. The normalized spacial score (nSPS) is 16.7. The van der Waals surface area contributed by atoms with Crippen LogP contribution in [0.3, 0.4) is 0 Å². The Balaban J connectivity index is 1.30. The number of nitrogens with one attached hydrogen (secondary N) is 1. The molecule has 3 amide bonds. The standard InChI is InChI=1S/C29H28BrFN4O3/c30-23-6-4-5-22(17-23)27(37)33-15-13-29(14-16-33)28(38)34(20-35(29)25-7-2-1-3-8-25)19-26(36)32-18-21-9-11-24(31)12-10-21/h1-12,17H,13-16,18-20H2,(H,32,36). The van der Waals surface area contributed by atoms with Gasteiger partial charge < -0.3 is 20.0 Å². The van der Waals surface area contributed by atoms with Crippen LogP contribution >= 0.6 is 15.9 Å². The van der Waals surface area contributed by atoms with Crippen LogP contribution in [-0.4, -0.2) is 59.4 Å². The summed E-state index contributed by atoms with van der Waals surface area (Å²) < 4.78 is 14.0. The summed E-state index contributed by atoms with van der Waals surface area (Å²) in [5.41, 5.74) is 1.46. The molecule has 0 unspecified atom stereocenters. The summed E-state index contributed by atoms with van der Waals surface area (Å²) in [6.07, 6.45) is 0.933. The summed E-state index contributed by atoms with van der Waals surface area (Å²) in [5.74, 6) is -0.781. The largest absolute Gasteiger partial charge is 0.350 e. The van der Waals surface area contributed by atoms with Crippen molar-refractivity contribution in [2.24, 2.45) is 0 Å². The summed E-state index contributed by atoms with van der Waals surface area (Å²) in [5, 5.41) is 2.83. The van der Waals surface area contributed by atoms with Crippen LogP contribution in [0.1, 0.15) is 28.8 Å². The predicted molar refractivity (Wildman–Crippen MR) is 146 cm³/mol. The van der Waals surface area contributed by atoms with Crippen molar-refractivity contribution < 1.29 is 18.8 Å². The zero-order valence-electron chi connectivity index (χ0n) is 20.8. The van der Waals surface area contributed by atoms with Crippen molar-refractivity contribution in [3.8, 4) is 0 Å². The molecule has 1 spiro atoms. The Bertz CT molecular complexity index is 1330. The lowest BCUT2D eigenvalue weighted by molar-refractivity contribution is -0.137. The molecule has 3 aromatic rings. The van der Waals surface area contributed by atoms with Crippen LogP contribution in [-0.2, 0) is 16.1 Å². The lowest BCUT2D eigenvalue weighted by Crippen LogP contribution is -2.57. The maximum Gasteiger partial charge on any atom is 0.253 e. The molecule has 0 aliphatic carbocycles. The molecule has 9 heteroatoms. The van der Waals surface area contributed by atoms with E-state index in [-0.39, 0.29) is 43.3 Å². The number of para-hydroxylation sites is 1. The first-order valence-electron chi connectivity index (χ1n) is 12.5.